The maximum absolute atomic E-state index is 8.70. The number of hydrogen-bond donors (Lipinski definition) is 3. The Bertz CT molecular complexity index is 305. The molecule has 0 spiro atoms. The lowest BCUT2D eigenvalue weighted by Crippen LogP contribution is -2.30. The number of anilines is 1. The summed E-state index contributed by atoms with van der Waals surface area (Å²) in [5, 5.41) is 11.6. The van der Waals surface area contributed by atoms with Gasteiger partial charge in [-0.1, -0.05) is 6.07 Å². The lowest BCUT2D eigenvalue weighted by molar-refractivity contribution is 0.262. The third kappa shape index (κ3) is 1.13. The Kier molecular flexibility index (Phi) is 1.67. The molecule has 0 bridgehead atoms. The van der Waals surface area contributed by atoms with Crippen LogP contribution in [-0.2, 0) is 0 Å². The van der Waals surface area contributed by atoms with Gasteiger partial charge in [-0.2, -0.15) is 0 Å². The molecule has 4 N–H and O–H groups in total. The highest BCUT2D eigenvalue weighted by atomic mass is 16.5. The first kappa shape index (κ1) is 7.45. The van der Waals surface area contributed by atoms with Crippen molar-refractivity contribution >= 4 is 18.6 Å². The van der Waals surface area contributed by atoms with Crippen LogP contribution < -0.4 is 21.3 Å². The smallest absolute Gasteiger partial charge is 0.326 e. The largest absolute Gasteiger partial charge is 0.456 e. The average Bonchev–Trinajstić information content (AvgIpc) is 2.43. The summed E-state index contributed by atoms with van der Waals surface area (Å²) in [4.78, 5) is 0. The molecule has 1 atom stereocenters. The number of nitrogens with one attached hydrogen (secondary N) is 1. The second kappa shape index (κ2) is 2.69. The molecule has 0 saturated carbocycles. The van der Waals surface area contributed by atoms with Gasteiger partial charge in [0.1, 0.15) is 5.75 Å². The van der Waals surface area contributed by atoms with Crippen molar-refractivity contribution in [2.24, 2.45) is 5.73 Å². The molecule has 0 saturated heterocycles. The van der Waals surface area contributed by atoms with Crippen LogP contribution in [0.2, 0.25) is 0 Å². The number of rotatable bonds is 1. The Morgan fingerprint density at radius 2 is 2.42 bits per heavy atom. The first-order valence-corrected chi connectivity index (χ1v) is 3.60. The van der Waals surface area contributed by atoms with Crippen molar-refractivity contribution in [1.29, 1.82) is 0 Å². The predicted octanol–water partition coefficient (Wildman–Crippen LogP) is -1.03. The van der Waals surface area contributed by atoms with E-state index in [1.807, 2.05) is 6.07 Å². The van der Waals surface area contributed by atoms with Gasteiger partial charge in [-0.15, -0.1) is 0 Å². The topological polar surface area (TPSA) is 67.5 Å². The quantitative estimate of drug-likeness (QED) is 0.463. The van der Waals surface area contributed by atoms with Gasteiger partial charge in [0.25, 0.3) is 0 Å². The fourth-order valence-corrected chi connectivity index (χ4v) is 1.16. The van der Waals surface area contributed by atoms with Crippen LogP contribution >= 0.6 is 0 Å². The van der Waals surface area contributed by atoms with Crippen LogP contribution in [-0.4, -0.2) is 18.9 Å². The van der Waals surface area contributed by atoms with Gasteiger partial charge in [0.15, 0.2) is 0 Å². The summed E-state index contributed by atoms with van der Waals surface area (Å²) in [6, 6.07) is 5.30. The van der Waals surface area contributed by atoms with E-state index in [1.54, 1.807) is 12.1 Å². The lowest BCUT2D eigenvalue weighted by Gasteiger charge is -2.01. The number of ether oxygens (including phenoxy) is 1. The van der Waals surface area contributed by atoms with Gasteiger partial charge in [-0.3, -0.25) is 5.73 Å². The minimum Gasteiger partial charge on any atom is -0.456 e. The fourth-order valence-electron chi connectivity index (χ4n) is 1.16. The summed E-state index contributed by atoms with van der Waals surface area (Å²) >= 11 is 0. The highest BCUT2D eigenvalue weighted by Crippen LogP contribution is 2.28. The Balaban J connectivity index is 2.35. The highest BCUT2D eigenvalue weighted by Gasteiger charge is 2.17. The molecule has 1 heterocycles. The van der Waals surface area contributed by atoms with E-state index >= 15 is 0 Å². The van der Waals surface area contributed by atoms with Crippen LogP contribution in [0.1, 0.15) is 0 Å². The maximum atomic E-state index is 8.70. The summed E-state index contributed by atoms with van der Waals surface area (Å²) in [5.41, 5.74) is 7.02. The van der Waals surface area contributed by atoms with Crippen LogP contribution in [0.25, 0.3) is 0 Å². The molecule has 1 aliphatic heterocycles. The molecule has 0 aromatic heterocycles. The fraction of sp³-hybridized carbons (Fsp3) is 0.143. The predicted molar refractivity (Wildman–Crippen MR) is 46.3 cm³/mol. The molecule has 1 aromatic rings. The van der Waals surface area contributed by atoms with E-state index in [4.69, 9.17) is 15.5 Å². The summed E-state index contributed by atoms with van der Waals surface area (Å²) in [5.74, 6) is 0.672. The second-order valence-electron chi connectivity index (χ2n) is 2.57. The van der Waals surface area contributed by atoms with Crippen LogP contribution in [0.3, 0.4) is 0 Å². The summed E-state index contributed by atoms with van der Waals surface area (Å²) < 4.78 is 5.18. The Hall–Kier alpha value is -1.20. The van der Waals surface area contributed by atoms with Crippen molar-refractivity contribution < 1.29 is 9.76 Å². The van der Waals surface area contributed by atoms with E-state index in [2.05, 4.69) is 5.32 Å². The van der Waals surface area contributed by atoms with E-state index in [0.717, 1.165) is 13.2 Å². The van der Waals surface area contributed by atoms with Crippen molar-refractivity contribution in [3.05, 3.63) is 18.2 Å². The molecule has 1 aromatic carbocycles. The van der Waals surface area contributed by atoms with Crippen molar-refractivity contribution in [2.45, 2.75) is 6.35 Å². The average molecular weight is 163 g/mol. The van der Waals surface area contributed by atoms with Gasteiger partial charge in [-0.05, 0) is 17.6 Å². The zero-order valence-corrected chi connectivity index (χ0v) is 6.32. The first-order valence-electron chi connectivity index (χ1n) is 3.60. The molecule has 1 unspecified atom stereocenters. The van der Waals surface area contributed by atoms with Gasteiger partial charge < -0.3 is 15.1 Å². The molecule has 2 rings (SSSR count). The van der Waals surface area contributed by atoms with E-state index < -0.39 is 6.35 Å². The zero-order chi connectivity index (χ0) is 8.55. The van der Waals surface area contributed by atoms with Crippen molar-refractivity contribution in [2.75, 3.05) is 5.32 Å². The van der Waals surface area contributed by atoms with Crippen LogP contribution in [0.4, 0.5) is 5.69 Å². The highest BCUT2D eigenvalue weighted by molar-refractivity contribution is 6.45. The molecular formula is C7H8BN2O2. The molecule has 12 heavy (non-hydrogen) atoms. The molecule has 61 valence electrons. The lowest BCUT2D eigenvalue weighted by atomic mass is 9.88. The number of fused-ring (bicyclic) bond motifs is 1. The third-order valence-electron chi connectivity index (χ3n) is 1.71. The molecule has 5 heteroatoms. The molecule has 1 aliphatic rings. The minimum absolute atomic E-state index is 0.478. The van der Waals surface area contributed by atoms with Crippen molar-refractivity contribution in [3.8, 4) is 5.75 Å². The SMILES string of the molecule is NC1Nc2ccc([B]O)cc2O1. The Morgan fingerprint density at radius 3 is 3.17 bits per heavy atom. The summed E-state index contributed by atoms with van der Waals surface area (Å²) in [7, 11) is 1.02. The van der Waals surface area contributed by atoms with E-state index in [9.17, 15) is 0 Å². The number of nitrogens with two attached hydrogens (primary N) is 1. The first-order chi connectivity index (χ1) is 5.79. The summed E-state index contributed by atoms with van der Waals surface area (Å²) in [6.45, 7) is 0. The Morgan fingerprint density at radius 1 is 1.58 bits per heavy atom. The second-order valence-corrected chi connectivity index (χ2v) is 2.57. The van der Waals surface area contributed by atoms with Crippen LogP contribution in [0.5, 0.6) is 5.75 Å². The molecule has 0 fully saturated rings. The van der Waals surface area contributed by atoms with Crippen molar-refractivity contribution in [1.82, 2.24) is 0 Å². The van der Waals surface area contributed by atoms with Gasteiger partial charge in [-0.25, -0.2) is 0 Å². The van der Waals surface area contributed by atoms with Crippen molar-refractivity contribution in [3.63, 3.8) is 0 Å². The van der Waals surface area contributed by atoms with E-state index in [1.165, 1.54) is 0 Å². The Labute approximate surface area is 70.6 Å². The van der Waals surface area contributed by atoms with Gasteiger partial charge in [0, 0.05) is 0 Å². The minimum atomic E-state index is -0.478. The van der Waals surface area contributed by atoms with E-state index in [-0.39, 0.29) is 0 Å². The molecule has 0 amide bonds. The molecule has 1 radical (unpaired) electrons. The summed E-state index contributed by atoms with van der Waals surface area (Å²) in [6.07, 6.45) is -0.478. The maximum Gasteiger partial charge on any atom is 0.326 e. The van der Waals surface area contributed by atoms with Gasteiger partial charge in [0.2, 0.25) is 6.35 Å². The number of hydrogen-bond acceptors (Lipinski definition) is 4. The normalized spacial score (nSPS) is 19.3. The monoisotopic (exact) mass is 163 g/mol. The number of benzene rings is 1. The molecule has 4 nitrogen and oxygen atoms in total. The molecular weight excluding hydrogens is 155 g/mol. The van der Waals surface area contributed by atoms with Crippen LogP contribution in [0, 0.1) is 0 Å². The third-order valence-corrected chi connectivity index (χ3v) is 1.71. The molecule has 0 aliphatic carbocycles. The van der Waals surface area contributed by atoms with Crippen LogP contribution in [0.15, 0.2) is 18.2 Å². The van der Waals surface area contributed by atoms with Gasteiger partial charge in [0.05, 0.1) is 5.69 Å². The van der Waals surface area contributed by atoms with E-state index in [0.29, 0.717) is 11.2 Å². The van der Waals surface area contributed by atoms with Gasteiger partial charge >= 0.3 is 7.48 Å². The zero-order valence-electron chi connectivity index (χ0n) is 6.32. The standard InChI is InChI=1S/C7H8BN2O2/c9-7-10-5-2-1-4(8-11)3-6(5)12-7/h1-3,7,10-11H,9H2.